The Labute approximate surface area is 114 Å². The summed E-state index contributed by atoms with van der Waals surface area (Å²) >= 11 is 5.90. The van der Waals surface area contributed by atoms with Crippen LogP contribution >= 0.6 is 11.6 Å². The van der Waals surface area contributed by atoms with Crippen molar-refractivity contribution in [1.82, 2.24) is 4.98 Å². The van der Waals surface area contributed by atoms with Crippen LogP contribution in [-0.2, 0) is 6.54 Å². The van der Waals surface area contributed by atoms with Gasteiger partial charge in [0.05, 0.1) is 23.9 Å². The lowest BCUT2D eigenvalue weighted by atomic mass is 10.2. The number of H-pyrrole nitrogens is 1. The lowest BCUT2D eigenvalue weighted by Crippen LogP contribution is -1.82. The molecule has 1 aromatic carbocycles. The molecule has 0 spiro atoms. The number of halogens is 1. The summed E-state index contributed by atoms with van der Waals surface area (Å²) in [4.78, 5) is 7.13. The molecule has 3 aromatic rings. The van der Waals surface area contributed by atoms with Crippen molar-refractivity contribution in [2.24, 2.45) is 4.99 Å². The minimum Gasteiger partial charge on any atom is -0.494 e. The van der Waals surface area contributed by atoms with Gasteiger partial charge < -0.3 is 14.5 Å². The Morgan fingerprint density at radius 2 is 2.26 bits per heavy atom. The minimum atomic E-state index is 0.0838. The van der Waals surface area contributed by atoms with Crippen LogP contribution in [0.1, 0.15) is 11.3 Å². The fourth-order valence-corrected chi connectivity index (χ4v) is 2.11. The summed E-state index contributed by atoms with van der Waals surface area (Å²) in [6.45, 7) is 0.437. The second-order valence-corrected chi connectivity index (χ2v) is 4.56. The van der Waals surface area contributed by atoms with Gasteiger partial charge in [0.25, 0.3) is 0 Å². The smallest absolute Gasteiger partial charge is 0.198 e. The van der Waals surface area contributed by atoms with Crippen LogP contribution in [-0.4, -0.2) is 16.3 Å². The van der Waals surface area contributed by atoms with E-state index in [1.54, 1.807) is 24.6 Å². The molecule has 0 bridgehead atoms. The molecule has 3 rings (SSSR count). The molecule has 0 aliphatic rings. The third-order valence-electron chi connectivity index (χ3n) is 2.83. The fourth-order valence-electron chi connectivity index (χ4n) is 1.94. The van der Waals surface area contributed by atoms with Gasteiger partial charge in [-0.15, -0.1) is 0 Å². The summed E-state index contributed by atoms with van der Waals surface area (Å²) in [5.41, 5.74) is 1.43. The maximum Gasteiger partial charge on any atom is 0.198 e. The van der Waals surface area contributed by atoms with Crippen molar-refractivity contribution in [2.75, 3.05) is 0 Å². The number of rotatable bonds is 3. The Hall–Kier alpha value is -2.20. The molecular formula is C14H11ClN2O2. The first-order valence-corrected chi connectivity index (χ1v) is 6.14. The Morgan fingerprint density at radius 1 is 1.37 bits per heavy atom. The number of fused-ring (bicyclic) bond motifs is 1. The number of hydrogen-bond donors (Lipinski definition) is 2. The quantitative estimate of drug-likeness (QED) is 0.715. The summed E-state index contributed by atoms with van der Waals surface area (Å²) in [6, 6.07) is 9.06. The van der Waals surface area contributed by atoms with Crippen LogP contribution in [0.5, 0.6) is 5.88 Å². The van der Waals surface area contributed by atoms with E-state index in [9.17, 15) is 5.11 Å². The molecule has 0 unspecified atom stereocenters. The van der Waals surface area contributed by atoms with E-state index in [1.807, 2.05) is 18.2 Å². The minimum absolute atomic E-state index is 0.0838. The first-order valence-electron chi connectivity index (χ1n) is 5.76. The Balaban J connectivity index is 1.92. The molecule has 0 radical (unpaired) electrons. The third kappa shape index (κ3) is 2.35. The van der Waals surface area contributed by atoms with Crippen molar-refractivity contribution in [2.45, 2.75) is 6.54 Å². The van der Waals surface area contributed by atoms with Crippen molar-refractivity contribution in [3.05, 3.63) is 52.9 Å². The molecular weight excluding hydrogens is 264 g/mol. The molecule has 19 heavy (non-hydrogen) atoms. The largest absolute Gasteiger partial charge is 0.494 e. The number of aromatic nitrogens is 1. The number of aromatic amines is 1. The first kappa shape index (κ1) is 11.9. The molecule has 0 atom stereocenters. The van der Waals surface area contributed by atoms with Crippen LogP contribution in [0.4, 0.5) is 0 Å². The van der Waals surface area contributed by atoms with Crippen molar-refractivity contribution in [3.63, 3.8) is 0 Å². The molecule has 0 fully saturated rings. The number of aliphatic imine (C=N–C) groups is 1. The van der Waals surface area contributed by atoms with Crippen LogP contribution in [0.3, 0.4) is 0 Å². The second-order valence-electron chi connectivity index (χ2n) is 4.13. The molecule has 2 N–H and O–H groups in total. The van der Waals surface area contributed by atoms with Gasteiger partial charge in [0.15, 0.2) is 5.88 Å². The molecule has 0 saturated heterocycles. The molecule has 0 amide bonds. The lowest BCUT2D eigenvalue weighted by Gasteiger charge is -1.93. The summed E-state index contributed by atoms with van der Waals surface area (Å²) in [5.74, 6) is 0.860. The van der Waals surface area contributed by atoms with Gasteiger partial charge in [0.2, 0.25) is 0 Å². The zero-order chi connectivity index (χ0) is 13.2. The number of aromatic hydroxyl groups is 1. The Kier molecular flexibility index (Phi) is 3.01. The van der Waals surface area contributed by atoms with Gasteiger partial charge in [-0.05, 0) is 24.3 Å². The molecule has 2 heterocycles. The highest BCUT2D eigenvalue weighted by atomic mass is 35.5. The molecule has 0 aliphatic heterocycles. The number of furan rings is 1. The number of nitrogens with zero attached hydrogens (tertiary/aromatic N) is 1. The van der Waals surface area contributed by atoms with E-state index in [0.717, 1.165) is 16.7 Å². The molecule has 2 aromatic heterocycles. The van der Waals surface area contributed by atoms with Gasteiger partial charge in [-0.1, -0.05) is 17.7 Å². The van der Waals surface area contributed by atoms with Crippen molar-refractivity contribution < 1.29 is 9.52 Å². The SMILES string of the molecule is Oc1[nH]c2cc(Cl)ccc2c1C=NCc1ccco1. The average molecular weight is 275 g/mol. The van der Waals surface area contributed by atoms with Gasteiger partial charge in [0, 0.05) is 16.6 Å². The van der Waals surface area contributed by atoms with Crippen LogP contribution in [0.2, 0.25) is 5.02 Å². The van der Waals surface area contributed by atoms with Gasteiger partial charge in [-0.25, -0.2) is 0 Å². The number of hydrogen-bond acceptors (Lipinski definition) is 3. The average Bonchev–Trinajstić information content (AvgIpc) is 2.98. The lowest BCUT2D eigenvalue weighted by molar-refractivity contribution is 0.457. The van der Waals surface area contributed by atoms with Crippen molar-refractivity contribution >= 4 is 28.7 Å². The van der Waals surface area contributed by atoms with Crippen LogP contribution in [0, 0.1) is 0 Å². The van der Waals surface area contributed by atoms with E-state index in [2.05, 4.69) is 9.98 Å². The monoisotopic (exact) mass is 274 g/mol. The molecule has 5 heteroatoms. The normalized spacial score (nSPS) is 11.6. The predicted molar refractivity (Wildman–Crippen MR) is 75.0 cm³/mol. The van der Waals surface area contributed by atoms with Crippen LogP contribution < -0.4 is 0 Å². The van der Waals surface area contributed by atoms with Gasteiger partial charge in [-0.2, -0.15) is 0 Å². The third-order valence-corrected chi connectivity index (χ3v) is 3.06. The molecule has 96 valence electrons. The maximum absolute atomic E-state index is 9.87. The number of nitrogens with one attached hydrogen (secondary N) is 1. The summed E-state index contributed by atoms with van der Waals surface area (Å²) in [6.07, 6.45) is 3.24. The zero-order valence-electron chi connectivity index (χ0n) is 9.93. The zero-order valence-corrected chi connectivity index (χ0v) is 10.7. The fraction of sp³-hybridized carbons (Fsp3) is 0.0714. The molecule has 0 saturated carbocycles. The highest BCUT2D eigenvalue weighted by molar-refractivity contribution is 6.31. The van der Waals surface area contributed by atoms with Gasteiger partial charge in [0.1, 0.15) is 5.76 Å². The first-order chi connectivity index (χ1) is 9.24. The van der Waals surface area contributed by atoms with E-state index >= 15 is 0 Å². The summed E-state index contributed by atoms with van der Waals surface area (Å²) in [7, 11) is 0. The van der Waals surface area contributed by atoms with Crippen molar-refractivity contribution in [3.8, 4) is 5.88 Å². The van der Waals surface area contributed by atoms with E-state index in [-0.39, 0.29) is 5.88 Å². The van der Waals surface area contributed by atoms with Crippen LogP contribution in [0.25, 0.3) is 10.9 Å². The molecule has 4 nitrogen and oxygen atoms in total. The standard InChI is InChI=1S/C14H11ClN2O2/c15-9-3-4-11-12(14(18)17-13(11)6-9)8-16-7-10-2-1-5-19-10/h1-6,8,17-18H,7H2. The van der Waals surface area contributed by atoms with Gasteiger partial charge in [-0.3, -0.25) is 4.99 Å². The van der Waals surface area contributed by atoms with Crippen molar-refractivity contribution in [1.29, 1.82) is 0 Å². The summed E-state index contributed by atoms with van der Waals surface area (Å²) in [5, 5.41) is 11.4. The Bertz CT molecular complexity index is 729. The summed E-state index contributed by atoms with van der Waals surface area (Å²) < 4.78 is 5.18. The highest BCUT2D eigenvalue weighted by Crippen LogP contribution is 2.27. The predicted octanol–water partition coefficient (Wildman–Crippen LogP) is 3.74. The highest BCUT2D eigenvalue weighted by Gasteiger charge is 2.08. The topological polar surface area (TPSA) is 61.5 Å². The Morgan fingerprint density at radius 3 is 3.05 bits per heavy atom. The number of benzene rings is 1. The molecule has 0 aliphatic carbocycles. The van der Waals surface area contributed by atoms with E-state index in [1.165, 1.54) is 0 Å². The van der Waals surface area contributed by atoms with Crippen LogP contribution in [0.15, 0.2) is 46.0 Å². The van der Waals surface area contributed by atoms with E-state index < -0.39 is 0 Å². The van der Waals surface area contributed by atoms with E-state index in [0.29, 0.717) is 17.1 Å². The second kappa shape index (κ2) is 4.82. The van der Waals surface area contributed by atoms with Gasteiger partial charge >= 0.3 is 0 Å². The maximum atomic E-state index is 9.87. The van der Waals surface area contributed by atoms with E-state index in [4.69, 9.17) is 16.0 Å².